The van der Waals surface area contributed by atoms with Crippen molar-refractivity contribution in [3.8, 4) is 0 Å². The van der Waals surface area contributed by atoms with E-state index in [9.17, 15) is 8.42 Å². The molecule has 2 aromatic rings. The maximum absolute atomic E-state index is 11.1. The fourth-order valence-electron chi connectivity index (χ4n) is 1.46. The van der Waals surface area contributed by atoms with Crippen molar-refractivity contribution in [1.29, 1.82) is 0 Å². The number of rotatable bonds is 1. The van der Waals surface area contributed by atoms with Crippen molar-refractivity contribution in [3.05, 3.63) is 40.0 Å². The highest BCUT2D eigenvalue weighted by Crippen LogP contribution is 2.26. The second-order valence-corrected chi connectivity index (χ2v) is 5.62. The molecule has 78 valence electrons. The molecule has 0 aliphatic carbocycles. The maximum atomic E-state index is 11.1. The fourth-order valence-corrected chi connectivity index (χ4v) is 2.81. The molecule has 0 radical (unpaired) electrons. The molecule has 0 unspecified atom stereocenters. The van der Waals surface area contributed by atoms with Crippen LogP contribution < -0.4 is 0 Å². The first kappa shape index (κ1) is 10.8. The van der Waals surface area contributed by atoms with Crippen molar-refractivity contribution < 1.29 is 13.0 Å². The molecule has 0 aliphatic rings. The summed E-state index contributed by atoms with van der Waals surface area (Å²) in [6.07, 6.45) is 0. The largest absolute Gasteiger partial charge is 0.295 e. The lowest BCUT2D eigenvalue weighted by atomic mass is 10.1. The molecule has 0 heterocycles. The van der Waals surface area contributed by atoms with E-state index >= 15 is 0 Å². The Kier molecular flexibility index (Phi) is 2.70. The van der Waals surface area contributed by atoms with Crippen LogP contribution in [0.2, 0.25) is 0 Å². The monoisotopic (exact) mass is 334 g/mol. The number of hydrogen-bond donors (Lipinski definition) is 1. The Hall–Kier alpha value is -0.660. The fraction of sp³-hybridized carbons (Fsp3) is 0. The summed E-state index contributed by atoms with van der Waals surface area (Å²) in [4.78, 5) is -0.0430. The lowest BCUT2D eigenvalue weighted by Crippen LogP contribution is -1.99. The lowest BCUT2D eigenvalue weighted by molar-refractivity contribution is 0.484. The van der Waals surface area contributed by atoms with Crippen LogP contribution in [0.3, 0.4) is 0 Å². The minimum absolute atomic E-state index is 0.0430. The molecule has 0 atom stereocenters. The van der Waals surface area contributed by atoms with Gasteiger partial charge in [-0.05, 0) is 40.1 Å². The number of fused-ring (bicyclic) bond motifs is 1. The van der Waals surface area contributed by atoms with Crippen molar-refractivity contribution in [2.75, 3.05) is 0 Å². The first-order valence-corrected chi connectivity index (χ1v) is 6.67. The smallest absolute Gasteiger partial charge is 0.282 e. The third kappa shape index (κ3) is 1.99. The van der Waals surface area contributed by atoms with Crippen molar-refractivity contribution >= 4 is 43.5 Å². The number of benzene rings is 2. The standard InChI is InChI=1S/C10H7IO3S/c11-9-5-6-10(15(12,13)14)8-4-2-1-3-7(8)9/h1-6H,(H,12,13,14). The van der Waals surface area contributed by atoms with Gasteiger partial charge in [0.1, 0.15) is 4.90 Å². The van der Waals surface area contributed by atoms with Crippen LogP contribution in [0.15, 0.2) is 41.3 Å². The van der Waals surface area contributed by atoms with Gasteiger partial charge >= 0.3 is 0 Å². The van der Waals surface area contributed by atoms with Crippen LogP contribution >= 0.6 is 22.6 Å². The van der Waals surface area contributed by atoms with Gasteiger partial charge in [0.2, 0.25) is 0 Å². The normalized spacial score (nSPS) is 11.9. The van der Waals surface area contributed by atoms with Crippen LogP contribution in [0.25, 0.3) is 10.8 Å². The summed E-state index contributed by atoms with van der Waals surface area (Å²) >= 11 is 2.13. The first-order valence-electron chi connectivity index (χ1n) is 4.15. The van der Waals surface area contributed by atoms with Gasteiger partial charge in [-0.1, -0.05) is 24.3 Å². The molecule has 0 saturated carbocycles. The summed E-state index contributed by atoms with van der Waals surface area (Å²) in [5, 5.41) is 1.38. The molecule has 1 N–H and O–H groups in total. The minimum atomic E-state index is -4.15. The average molecular weight is 334 g/mol. The van der Waals surface area contributed by atoms with Crippen molar-refractivity contribution in [1.82, 2.24) is 0 Å². The molecule has 0 fully saturated rings. The molecule has 5 heteroatoms. The Balaban J connectivity index is 2.96. The molecular formula is C10H7IO3S. The molecule has 0 aromatic heterocycles. The number of hydrogen-bond acceptors (Lipinski definition) is 2. The van der Waals surface area contributed by atoms with E-state index in [1.165, 1.54) is 6.07 Å². The summed E-state index contributed by atoms with van der Waals surface area (Å²) in [7, 11) is -4.15. The van der Waals surface area contributed by atoms with Crippen LogP contribution in [0.5, 0.6) is 0 Å². The Labute approximate surface area is 101 Å². The second-order valence-electron chi connectivity index (χ2n) is 3.07. The molecule has 2 aromatic carbocycles. The van der Waals surface area contributed by atoms with E-state index in [2.05, 4.69) is 22.6 Å². The minimum Gasteiger partial charge on any atom is -0.282 e. The highest BCUT2D eigenvalue weighted by atomic mass is 127. The zero-order chi connectivity index (χ0) is 11.1. The SMILES string of the molecule is O=S(=O)(O)c1ccc(I)c2ccccc12. The van der Waals surface area contributed by atoms with E-state index in [1.54, 1.807) is 18.2 Å². The van der Waals surface area contributed by atoms with Gasteiger partial charge < -0.3 is 0 Å². The van der Waals surface area contributed by atoms with Crippen LogP contribution in [0.4, 0.5) is 0 Å². The van der Waals surface area contributed by atoms with Gasteiger partial charge in [0.25, 0.3) is 10.1 Å². The maximum Gasteiger partial charge on any atom is 0.295 e. The first-order chi connectivity index (χ1) is 7.00. The summed E-state index contributed by atoms with van der Waals surface area (Å²) in [5.74, 6) is 0. The number of halogens is 1. The molecule has 0 aliphatic heterocycles. The highest BCUT2D eigenvalue weighted by molar-refractivity contribution is 14.1. The molecule has 0 saturated heterocycles. The van der Waals surface area contributed by atoms with Crippen LogP contribution in [0.1, 0.15) is 0 Å². The van der Waals surface area contributed by atoms with Crippen LogP contribution in [-0.4, -0.2) is 13.0 Å². The van der Waals surface area contributed by atoms with E-state index in [4.69, 9.17) is 4.55 Å². The molecule has 15 heavy (non-hydrogen) atoms. The molecule has 0 amide bonds. The summed E-state index contributed by atoms with van der Waals surface area (Å²) in [5.41, 5.74) is 0. The molecule has 0 bridgehead atoms. The van der Waals surface area contributed by atoms with E-state index in [0.717, 1.165) is 8.96 Å². The van der Waals surface area contributed by atoms with E-state index in [1.807, 2.05) is 12.1 Å². The predicted octanol–water partition coefficient (Wildman–Crippen LogP) is 2.69. The van der Waals surface area contributed by atoms with Crippen LogP contribution in [0, 0.1) is 3.57 Å². The molecule has 2 rings (SSSR count). The van der Waals surface area contributed by atoms with Crippen molar-refractivity contribution in [3.63, 3.8) is 0 Å². The van der Waals surface area contributed by atoms with Gasteiger partial charge in [0.15, 0.2) is 0 Å². The zero-order valence-electron chi connectivity index (χ0n) is 7.51. The highest BCUT2D eigenvalue weighted by Gasteiger charge is 2.14. The quantitative estimate of drug-likeness (QED) is 0.644. The van der Waals surface area contributed by atoms with E-state index < -0.39 is 10.1 Å². The van der Waals surface area contributed by atoms with Gasteiger partial charge in [0, 0.05) is 8.96 Å². The Bertz CT molecular complexity index is 620. The van der Waals surface area contributed by atoms with E-state index in [-0.39, 0.29) is 4.90 Å². The predicted molar refractivity (Wildman–Crippen MR) is 66.5 cm³/mol. The summed E-state index contributed by atoms with van der Waals surface area (Å²) < 4.78 is 32.2. The third-order valence-electron chi connectivity index (χ3n) is 2.11. The lowest BCUT2D eigenvalue weighted by Gasteiger charge is -2.04. The second kappa shape index (κ2) is 3.73. The Morgan fingerprint density at radius 3 is 2.20 bits per heavy atom. The van der Waals surface area contributed by atoms with Crippen LogP contribution in [-0.2, 0) is 10.1 Å². The van der Waals surface area contributed by atoms with Gasteiger partial charge in [0.05, 0.1) is 0 Å². The zero-order valence-corrected chi connectivity index (χ0v) is 10.5. The summed E-state index contributed by atoms with van der Waals surface area (Å²) in [6.45, 7) is 0. The average Bonchev–Trinajstić information content (AvgIpc) is 2.17. The molecule has 0 spiro atoms. The van der Waals surface area contributed by atoms with Gasteiger partial charge in [-0.25, -0.2) is 0 Å². The van der Waals surface area contributed by atoms with Gasteiger partial charge in [-0.3, -0.25) is 4.55 Å². The Morgan fingerprint density at radius 1 is 1.00 bits per heavy atom. The Morgan fingerprint density at radius 2 is 1.60 bits per heavy atom. The summed E-state index contributed by atoms with van der Waals surface area (Å²) in [6, 6.07) is 10.2. The topological polar surface area (TPSA) is 54.4 Å². The van der Waals surface area contributed by atoms with E-state index in [0.29, 0.717) is 5.39 Å². The molecular weight excluding hydrogens is 327 g/mol. The third-order valence-corrected chi connectivity index (χ3v) is 3.96. The van der Waals surface area contributed by atoms with Crippen molar-refractivity contribution in [2.45, 2.75) is 4.90 Å². The van der Waals surface area contributed by atoms with Gasteiger partial charge in [-0.15, -0.1) is 0 Å². The van der Waals surface area contributed by atoms with Gasteiger partial charge in [-0.2, -0.15) is 8.42 Å². The van der Waals surface area contributed by atoms with Crippen molar-refractivity contribution in [2.24, 2.45) is 0 Å². The molecule has 3 nitrogen and oxygen atoms in total.